The van der Waals surface area contributed by atoms with E-state index < -0.39 is 5.54 Å². The van der Waals surface area contributed by atoms with E-state index in [1.54, 1.807) is 7.11 Å². The summed E-state index contributed by atoms with van der Waals surface area (Å²) in [6.07, 6.45) is 7.71. The maximum Gasteiger partial charge on any atom is 0.326 e. The molecule has 0 aliphatic heterocycles. The van der Waals surface area contributed by atoms with Crippen molar-refractivity contribution >= 4 is 5.97 Å². The standard InChI is InChI=1S/C15H29NO3/c1-4-6-13-7-5-9-15(10-8-13,14(17)19-3)16-11-12-18-2/h13,16H,4-12H2,1-3H3. The molecule has 112 valence electrons. The predicted octanol–water partition coefficient (Wildman–Crippen LogP) is 2.51. The topological polar surface area (TPSA) is 47.6 Å². The van der Waals surface area contributed by atoms with Gasteiger partial charge in [-0.25, -0.2) is 0 Å². The first-order chi connectivity index (χ1) is 9.18. The average molecular weight is 271 g/mol. The van der Waals surface area contributed by atoms with Gasteiger partial charge in [0, 0.05) is 13.7 Å². The summed E-state index contributed by atoms with van der Waals surface area (Å²) in [5.74, 6) is 0.654. The van der Waals surface area contributed by atoms with Crippen molar-refractivity contribution in [3.8, 4) is 0 Å². The molecule has 4 nitrogen and oxygen atoms in total. The number of hydrogen-bond acceptors (Lipinski definition) is 4. The fourth-order valence-electron chi connectivity index (χ4n) is 3.15. The number of rotatable bonds is 7. The van der Waals surface area contributed by atoms with Crippen molar-refractivity contribution in [2.75, 3.05) is 27.4 Å². The summed E-state index contributed by atoms with van der Waals surface area (Å²) in [7, 11) is 3.16. The van der Waals surface area contributed by atoms with Gasteiger partial charge in [-0.1, -0.05) is 32.6 Å². The average Bonchev–Trinajstić information content (AvgIpc) is 2.62. The largest absolute Gasteiger partial charge is 0.468 e. The molecule has 0 aromatic rings. The van der Waals surface area contributed by atoms with Crippen LogP contribution in [0.15, 0.2) is 0 Å². The Bertz CT molecular complexity index is 270. The van der Waals surface area contributed by atoms with Gasteiger partial charge in [-0.2, -0.15) is 0 Å². The third kappa shape index (κ3) is 4.77. The smallest absolute Gasteiger partial charge is 0.326 e. The van der Waals surface area contributed by atoms with Crippen molar-refractivity contribution in [1.29, 1.82) is 0 Å². The minimum absolute atomic E-state index is 0.110. The van der Waals surface area contributed by atoms with E-state index in [0.29, 0.717) is 13.2 Å². The Kier molecular flexibility index (Phi) is 7.39. The zero-order valence-corrected chi connectivity index (χ0v) is 12.7. The van der Waals surface area contributed by atoms with E-state index in [1.165, 1.54) is 26.4 Å². The van der Waals surface area contributed by atoms with E-state index in [1.807, 2.05) is 0 Å². The molecule has 0 heterocycles. The molecule has 0 amide bonds. The lowest BCUT2D eigenvalue weighted by atomic mass is 9.89. The van der Waals surface area contributed by atoms with Gasteiger partial charge in [0.05, 0.1) is 13.7 Å². The van der Waals surface area contributed by atoms with Gasteiger partial charge in [0.25, 0.3) is 0 Å². The lowest BCUT2D eigenvalue weighted by Gasteiger charge is -2.31. The zero-order chi connectivity index (χ0) is 14.1. The van der Waals surface area contributed by atoms with E-state index >= 15 is 0 Å². The van der Waals surface area contributed by atoms with Crippen LogP contribution in [0.5, 0.6) is 0 Å². The van der Waals surface area contributed by atoms with Crippen molar-refractivity contribution in [1.82, 2.24) is 5.32 Å². The fourth-order valence-corrected chi connectivity index (χ4v) is 3.15. The number of carbonyl (C=O) groups is 1. The third-order valence-corrected chi connectivity index (χ3v) is 4.24. The van der Waals surface area contributed by atoms with E-state index in [4.69, 9.17) is 9.47 Å². The zero-order valence-electron chi connectivity index (χ0n) is 12.7. The fraction of sp³-hybridized carbons (Fsp3) is 0.933. The van der Waals surface area contributed by atoms with Crippen LogP contribution < -0.4 is 5.32 Å². The molecule has 2 atom stereocenters. The van der Waals surface area contributed by atoms with Crippen molar-refractivity contribution in [3.05, 3.63) is 0 Å². The highest BCUT2D eigenvalue weighted by Gasteiger charge is 2.40. The van der Waals surface area contributed by atoms with Crippen LogP contribution in [0.25, 0.3) is 0 Å². The summed E-state index contributed by atoms with van der Waals surface area (Å²) in [6, 6.07) is 0. The van der Waals surface area contributed by atoms with Crippen LogP contribution >= 0.6 is 0 Å². The van der Waals surface area contributed by atoms with Crippen LogP contribution in [0.2, 0.25) is 0 Å². The number of nitrogens with one attached hydrogen (secondary N) is 1. The SMILES string of the molecule is CCCC1CCCC(NCCOC)(C(=O)OC)CC1. The first kappa shape index (κ1) is 16.4. The van der Waals surface area contributed by atoms with Crippen LogP contribution in [-0.4, -0.2) is 38.9 Å². The van der Waals surface area contributed by atoms with Gasteiger partial charge in [-0.05, 0) is 25.2 Å². The Balaban J connectivity index is 2.65. The Hall–Kier alpha value is -0.610. The maximum absolute atomic E-state index is 12.2. The van der Waals surface area contributed by atoms with Gasteiger partial charge in [0.2, 0.25) is 0 Å². The van der Waals surface area contributed by atoms with Crippen LogP contribution in [0, 0.1) is 5.92 Å². The summed E-state index contributed by atoms with van der Waals surface area (Å²) < 4.78 is 10.1. The lowest BCUT2D eigenvalue weighted by Crippen LogP contribution is -2.53. The molecule has 1 rings (SSSR count). The lowest BCUT2D eigenvalue weighted by molar-refractivity contribution is -0.149. The van der Waals surface area contributed by atoms with Crippen molar-refractivity contribution < 1.29 is 14.3 Å². The normalized spacial score (nSPS) is 27.8. The second kappa shape index (κ2) is 8.54. The van der Waals surface area contributed by atoms with Gasteiger partial charge in [0.15, 0.2) is 0 Å². The number of esters is 1. The quantitative estimate of drug-likeness (QED) is 0.439. The van der Waals surface area contributed by atoms with Gasteiger partial charge < -0.3 is 9.47 Å². The highest BCUT2D eigenvalue weighted by atomic mass is 16.5. The molecule has 1 N–H and O–H groups in total. The van der Waals surface area contributed by atoms with Gasteiger partial charge in [0.1, 0.15) is 5.54 Å². The first-order valence-corrected chi connectivity index (χ1v) is 7.51. The van der Waals surface area contributed by atoms with Crippen molar-refractivity contribution in [3.63, 3.8) is 0 Å². The van der Waals surface area contributed by atoms with Crippen LogP contribution in [0.3, 0.4) is 0 Å². The van der Waals surface area contributed by atoms with Crippen molar-refractivity contribution in [2.24, 2.45) is 5.92 Å². The highest BCUT2D eigenvalue weighted by Crippen LogP contribution is 2.33. The molecule has 0 aromatic carbocycles. The van der Waals surface area contributed by atoms with E-state index in [9.17, 15) is 4.79 Å². The summed E-state index contributed by atoms with van der Waals surface area (Å²) in [5, 5.41) is 3.39. The summed E-state index contributed by atoms with van der Waals surface area (Å²) >= 11 is 0. The van der Waals surface area contributed by atoms with Gasteiger partial charge in [-0.15, -0.1) is 0 Å². The van der Waals surface area contributed by atoms with E-state index in [0.717, 1.165) is 31.6 Å². The molecule has 0 aromatic heterocycles. The molecule has 1 fully saturated rings. The van der Waals surface area contributed by atoms with Gasteiger partial charge >= 0.3 is 5.97 Å². The minimum atomic E-state index is -0.490. The van der Waals surface area contributed by atoms with E-state index in [-0.39, 0.29) is 5.97 Å². The minimum Gasteiger partial charge on any atom is -0.468 e. The molecular formula is C15H29NO3. The maximum atomic E-state index is 12.2. The van der Waals surface area contributed by atoms with Crippen LogP contribution in [0.1, 0.15) is 51.9 Å². The van der Waals surface area contributed by atoms with Crippen molar-refractivity contribution in [2.45, 2.75) is 57.4 Å². The number of hydrogen-bond donors (Lipinski definition) is 1. The third-order valence-electron chi connectivity index (χ3n) is 4.24. The molecular weight excluding hydrogens is 242 g/mol. The number of carbonyl (C=O) groups excluding carboxylic acids is 1. The van der Waals surface area contributed by atoms with Crippen LogP contribution in [0.4, 0.5) is 0 Å². The summed E-state index contributed by atoms with van der Waals surface area (Å²) in [6.45, 7) is 3.55. The predicted molar refractivity (Wildman–Crippen MR) is 76.1 cm³/mol. The molecule has 2 unspecified atom stereocenters. The highest BCUT2D eigenvalue weighted by molar-refractivity contribution is 5.80. The second-order valence-electron chi connectivity index (χ2n) is 5.58. The Labute approximate surface area is 117 Å². The molecule has 1 saturated carbocycles. The molecule has 0 saturated heterocycles. The monoisotopic (exact) mass is 271 g/mol. The Morgan fingerprint density at radius 1 is 1.32 bits per heavy atom. The number of ether oxygens (including phenoxy) is 2. The Morgan fingerprint density at radius 2 is 2.11 bits per heavy atom. The molecule has 0 bridgehead atoms. The summed E-state index contributed by atoms with van der Waals surface area (Å²) in [4.78, 5) is 12.2. The molecule has 1 aliphatic rings. The molecule has 19 heavy (non-hydrogen) atoms. The molecule has 0 spiro atoms. The second-order valence-corrected chi connectivity index (χ2v) is 5.58. The molecule has 4 heteroatoms. The van der Waals surface area contributed by atoms with Gasteiger partial charge in [-0.3, -0.25) is 10.1 Å². The molecule has 0 radical (unpaired) electrons. The van der Waals surface area contributed by atoms with E-state index in [2.05, 4.69) is 12.2 Å². The number of methoxy groups -OCH3 is 2. The van der Waals surface area contributed by atoms with Crippen LogP contribution in [-0.2, 0) is 14.3 Å². The summed E-state index contributed by atoms with van der Waals surface area (Å²) in [5.41, 5.74) is -0.490. The Morgan fingerprint density at radius 3 is 2.74 bits per heavy atom. The first-order valence-electron chi connectivity index (χ1n) is 7.51. The molecule has 1 aliphatic carbocycles.